The maximum absolute atomic E-state index is 11.7. The fourth-order valence-corrected chi connectivity index (χ4v) is 1.76. The van der Waals surface area contributed by atoms with Crippen LogP contribution in [0.4, 0.5) is 0 Å². The quantitative estimate of drug-likeness (QED) is 0.794. The second-order valence-corrected chi connectivity index (χ2v) is 4.90. The number of nitrogens with one attached hydrogen (secondary N) is 1. The first-order chi connectivity index (χ1) is 9.08. The molecule has 0 spiro atoms. The van der Waals surface area contributed by atoms with E-state index in [2.05, 4.69) is 30.6 Å². The van der Waals surface area contributed by atoms with Gasteiger partial charge < -0.3 is 0 Å². The van der Waals surface area contributed by atoms with Crippen LogP contribution in [-0.4, -0.2) is 10.2 Å². The van der Waals surface area contributed by atoms with Gasteiger partial charge in [0.15, 0.2) is 0 Å². The van der Waals surface area contributed by atoms with Gasteiger partial charge in [-0.25, -0.2) is 5.10 Å². The molecule has 1 N–H and O–H groups in total. The first kappa shape index (κ1) is 15.2. The maximum Gasteiger partial charge on any atom is 0.267 e. The van der Waals surface area contributed by atoms with E-state index < -0.39 is 0 Å². The minimum Gasteiger partial charge on any atom is -0.268 e. The molecule has 1 heterocycles. The molecule has 0 unspecified atom stereocenters. The summed E-state index contributed by atoms with van der Waals surface area (Å²) in [6.45, 7) is 9.95. The van der Waals surface area contributed by atoms with Crippen LogP contribution in [0.5, 0.6) is 0 Å². The van der Waals surface area contributed by atoms with Crippen molar-refractivity contribution < 1.29 is 0 Å². The molecule has 1 rings (SSSR count). The Hall–Kier alpha value is -1.90. The third kappa shape index (κ3) is 4.70. The number of aromatic nitrogens is 2. The van der Waals surface area contributed by atoms with E-state index in [0.29, 0.717) is 5.92 Å². The Bertz CT molecular complexity index is 536. The van der Waals surface area contributed by atoms with Crippen LogP contribution < -0.4 is 5.56 Å². The van der Waals surface area contributed by atoms with E-state index in [0.717, 1.165) is 29.7 Å². The zero-order valence-corrected chi connectivity index (χ0v) is 11.9. The lowest BCUT2D eigenvalue weighted by atomic mass is 10.0. The smallest absolute Gasteiger partial charge is 0.267 e. The molecular formula is C16H22N2O. The predicted molar refractivity (Wildman–Crippen MR) is 81.0 cm³/mol. The van der Waals surface area contributed by atoms with Crippen LogP contribution >= 0.6 is 0 Å². The summed E-state index contributed by atoms with van der Waals surface area (Å²) in [4.78, 5) is 11.7. The zero-order valence-electron chi connectivity index (χ0n) is 11.9. The molecule has 0 saturated heterocycles. The first-order valence-electron chi connectivity index (χ1n) is 6.62. The molecule has 19 heavy (non-hydrogen) atoms. The van der Waals surface area contributed by atoms with E-state index in [1.165, 1.54) is 0 Å². The van der Waals surface area contributed by atoms with Crippen LogP contribution in [0.2, 0.25) is 0 Å². The number of aryl methyl sites for hydroxylation is 1. The van der Waals surface area contributed by atoms with Gasteiger partial charge in [-0.15, -0.1) is 0 Å². The van der Waals surface area contributed by atoms with E-state index in [1.807, 2.05) is 31.2 Å². The number of nitrogens with zero attached hydrogens (tertiary/aromatic N) is 1. The monoisotopic (exact) mass is 258 g/mol. The lowest BCUT2D eigenvalue weighted by molar-refractivity contribution is 0.583. The summed E-state index contributed by atoms with van der Waals surface area (Å²) < 4.78 is 0. The summed E-state index contributed by atoms with van der Waals surface area (Å²) in [5.74, 6) is 0.578. The van der Waals surface area contributed by atoms with Gasteiger partial charge in [0.25, 0.3) is 5.56 Å². The number of H-pyrrole nitrogens is 1. The highest BCUT2D eigenvalue weighted by Gasteiger charge is 2.06. The van der Waals surface area contributed by atoms with Crippen LogP contribution in [0.15, 0.2) is 41.7 Å². The summed E-state index contributed by atoms with van der Waals surface area (Å²) in [5, 5.41) is 6.67. The van der Waals surface area contributed by atoms with Gasteiger partial charge >= 0.3 is 0 Å². The Morgan fingerprint density at radius 2 is 2.26 bits per heavy atom. The largest absolute Gasteiger partial charge is 0.268 e. The lowest BCUT2D eigenvalue weighted by Crippen LogP contribution is -2.16. The Morgan fingerprint density at radius 3 is 2.84 bits per heavy atom. The standard InChI is InChI=1S/C16H22N2O/c1-5-7-13(8-6-2)15-11-14(10-9-12(3)4)16(19)18-17-15/h5-8,11-12H,1,9-10H2,2-4H3,(H,18,19)/b8-6-,13-7+. The van der Waals surface area contributed by atoms with Crippen molar-refractivity contribution in [2.24, 2.45) is 5.92 Å². The molecule has 0 bridgehead atoms. The molecular weight excluding hydrogens is 236 g/mol. The molecule has 0 saturated carbocycles. The van der Waals surface area contributed by atoms with E-state index in [9.17, 15) is 4.79 Å². The number of allylic oxidation sites excluding steroid dienone is 5. The van der Waals surface area contributed by atoms with E-state index in [-0.39, 0.29) is 5.56 Å². The van der Waals surface area contributed by atoms with Gasteiger partial charge in [0.05, 0.1) is 5.69 Å². The van der Waals surface area contributed by atoms with Crippen molar-refractivity contribution >= 4 is 5.57 Å². The Balaban J connectivity index is 3.10. The highest BCUT2D eigenvalue weighted by Crippen LogP contribution is 2.14. The SMILES string of the molecule is C=C/C=C(\C=C/C)c1cc(CCC(C)C)c(=O)[nH]n1. The molecule has 0 aliphatic rings. The van der Waals surface area contributed by atoms with Crippen LogP contribution in [0.25, 0.3) is 5.57 Å². The minimum absolute atomic E-state index is 0.0946. The average molecular weight is 258 g/mol. The molecule has 3 heteroatoms. The lowest BCUT2D eigenvalue weighted by Gasteiger charge is -2.06. The van der Waals surface area contributed by atoms with Crippen LogP contribution in [0.3, 0.4) is 0 Å². The van der Waals surface area contributed by atoms with Gasteiger partial charge in [0.2, 0.25) is 0 Å². The van der Waals surface area contributed by atoms with Crippen molar-refractivity contribution in [3.8, 4) is 0 Å². The third-order valence-corrected chi connectivity index (χ3v) is 2.81. The highest BCUT2D eigenvalue weighted by molar-refractivity contribution is 5.72. The fraction of sp³-hybridized carbons (Fsp3) is 0.375. The number of rotatable bonds is 6. The van der Waals surface area contributed by atoms with Gasteiger partial charge in [-0.1, -0.05) is 44.7 Å². The van der Waals surface area contributed by atoms with Gasteiger partial charge in [-0.05, 0) is 31.7 Å². The molecule has 1 aromatic heterocycles. The van der Waals surface area contributed by atoms with Gasteiger partial charge in [0.1, 0.15) is 0 Å². The predicted octanol–water partition coefficient (Wildman–Crippen LogP) is 3.50. The average Bonchev–Trinajstić information content (AvgIpc) is 2.37. The number of hydrogen-bond donors (Lipinski definition) is 1. The zero-order chi connectivity index (χ0) is 14.3. The number of hydrogen-bond acceptors (Lipinski definition) is 2. The molecule has 0 amide bonds. The molecule has 1 aromatic rings. The van der Waals surface area contributed by atoms with Crippen LogP contribution in [-0.2, 0) is 6.42 Å². The molecule has 0 fully saturated rings. The maximum atomic E-state index is 11.7. The third-order valence-electron chi connectivity index (χ3n) is 2.81. The Labute approximate surface area is 114 Å². The summed E-state index contributed by atoms with van der Waals surface area (Å²) in [6, 6.07) is 1.87. The highest BCUT2D eigenvalue weighted by atomic mass is 16.1. The van der Waals surface area contributed by atoms with E-state index in [1.54, 1.807) is 6.08 Å². The summed E-state index contributed by atoms with van der Waals surface area (Å²) in [5.41, 5.74) is 2.41. The fourth-order valence-electron chi connectivity index (χ4n) is 1.76. The van der Waals surface area contributed by atoms with Gasteiger partial charge in [-0.2, -0.15) is 5.10 Å². The number of aromatic amines is 1. The molecule has 0 atom stereocenters. The molecule has 0 radical (unpaired) electrons. The second kappa shape index (κ2) is 7.52. The van der Waals surface area contributed by atoms with Gasteiger partial charge in [-0.3, -0.25) is 4.79 Å². The first-order valence-corrected chi connectivity index (χ1v) is 6.62. The van der Waals surface area contributed by atoms with Crippen molar-refractivity contribution in [1.29, 1.82) is 0 Å². The minimum atomic E-state index is -0.0946. The van der Waals surface area contributed by atoms with Crippen LogP contribution in [0, 0.1) is 5.92 Å². The van der Waals surface area contributed by atoms with Crippen molar-refractivity contribution in [3.05, 3.63) is 58.6 Å². The van der Waals surface area contributed by atoms with Crippen molar-refractivity contribution in [2.45, 2.75) is 33.6 Å². The van der Waals surface area contributed by atoms with E-state index >= 15 is 0 Å². The summed E-state index contributed by atoms with van der Waals surface area (Å²) in [6.07, 6.45) is 9.27. The summed E-state index contributed by atoms with van der Waals surface area (Å²) >= 11 is 0. The van der Waals surface area contributed by atoms with Crippen molar-refractivity contribution in [2.75, 3.05) is 0 Å². The van der Waals surface area contributed by atoms with E-state index in [4.69, 9.17) is 0 Å². The molecule has 0 aromatic carbocycles. The van der Waals surface area contributed by atoms with Gasteiger partial charge in [0, 0.05) is 11.1 Å². The second-order valence-electron chi connectivity index (χ2n) is 4.90. The van der Waals surface area contributed by atoms with Crippen LogP contribution in [0.1, 0.15) is 38.4 Å². The normalized spacial score (nSPS) is 12.3. The molecule has 0 aliphatic heterocycles. The molecule has 3 nitrogen and oxygen atoms in total. The molecule has 0 aliphatic carbocycles. The topological polar surface area (TPSA) is 45.8 Å². The summed E-state index contributed by atoms with van der Waals surface area (Å²) in [7, 11) is 0. The Morgan fingerprint density at radius 1 is 1.53 bits per heavy atom. The Kier molecular flexibility index (Phi) is 6.00. The molecule has 102 valence electrons. The van der Waals surface area contributed by atoms with Crippen molar-refractivity contribution in [1.82, 2.24) is 10.2 Å². The van der Waals surface area contributed by atoms with Crippen molar-refractivity contribution in [3.63, 3.8) is 0 Å².